The van der Waals surface area contributed by atoms with Gasteiger partial charge in [-0.2, -0.15) is 5.10 Å². The highest BCUT2D eigenvalue weighted by atomic mass is 32.1. The van der Waals surface area contributed by atoms with Crippen LogP contribution in [0, 0.1) is 13.8 Å². The molecule has 14 heavy (non-hydrogen) atoms. The van der Waals surface area contributed by atoms with Crippen molar-refractivity contribution in [2.75, 3.05) is 7.11 Å². The molecule has 0 atom stereocenters. The molecule has 0 saturated carbocycles. The molecule has 0 unspecified atom stereocenters. The molecule has 0 fully saturated rings. The van der Waals surface area contributed by atoms with E-state index in [4.69, 9.17) is 0 Å². The molecular formula is C9H16N2O2S. The van der Waals surface area contributed by atoms with E-state index in [1.807, 2.05) is 20.8 Å². The summed E-state index contributed by atoms with van der Waals surface area (Å²) in [5.74, 6) is -0.427. The number of esters is 1. The van der Waals surface area contributed by atoms with Gasteiger partial charge in [-0.15, -0.1) is 0 Å². The Hall–Kier alpha value is -0.970. The molecule has 0 aliphatic rings. The number of rotatable bonds is 1. The maximum Gasteiger partial charge on any atom is 0.358 e. The number of carbonyl (C=O) groups is 1. The predicted octanol–water partition coefficient (Wildman–Crippen LogP) is 2.01. The van der Waals surface area contributed by atoms with Crippen molar-refractivity contribution in [1.29, 1.82) is 0 Å². The summed E-state index contributed by atoms with van der Waals surface area (Å²) in [7, 11) is 1.33. The smallest absolute Gasteiger partial charge is 0.358 e. The first-order valence-corrected chi connectivity index (χ1v) is 4.81. The monoisotopic (exact) mass is 216 g/mol. The van der Waals surface area contributed by atoms with Crippen molar-refractivity contribution in [1.82, 2.24) is 9.19 Å². The Kier molecular flexibility index (Phi) is 5.30. The van der Waals surface area contributed by atoms with Crippen LogP contribution >= 0.6 is 12.8 Å². The number of hydrogen-bond acceptors (Lipinski definition) is 4. The lowest BCUT2D eigenvalue weighted by Gasteiger charge is -1.93. The number of thiol groups is 1. The third-order valence-corrected chi connectivity index (χ3v) is 2.16. The van der Waals surface area contributed by atoms with Gasteiger partial charge >= 0.3 is 5.97 Å². The van der Waals surface area contributed by atoms with E-state index in [-0.39, 0.29) is 0 Å². The second-order valence-electron chi connectivity index (χ2n) is 2.44. The molecule has 0 N–H and O–H groups in total. The van der Waals surface area contributed by atoms with Gasteiger partial charge in [0.15, 0.2) is 5.69 Å². The zero-order valence-electron chi connectivity index (χ0n) is 9.16. The van der Waals surface area contributed by atoms with Gasteiger partial charge in [-0.1, -0.05) is 13.8 Å². The van der Waals surface area contributed by atoms with Crippen LogP contribution in [0.3, 0.4) is 0 Å². The van der Waals surface area contributed by atoms with E-state index in [0.29, 0.717) is 5.69 Å². The molecule has 0 amide bonds. The minimum absolute atomic E-state index is 0.324. The van der Waals surface area contributed by atoms with Crippen LogP contribution in [0.1, 0.15) is 35.6 Å². The molecule has 1 aromatic heterocycles. The molecule has 4 nitrogen and oxygen atoms in total. The maximum absolute atomic E-state index is 11.1. The summed E-state index contributed by atoms with van der Waals surface area (Å²) in [6.07, 6.45) is 0. The number of methoxy groups -OCH3 is 1. The zero-order valence-corrected chi connectivity index (χ0v) is 10.1. The molecule has 80 valence electrons. The Morgan fingerprint density at radius 1 is 1.43 bits per heavy atom. The average Bonchev–Trinajstić information content (AvgIpc) is 2.48. The second kappa shape index (κ2) is 5.70. The van der Waals surface area contributed by atoms with E-state index in [1.165, 1.54) is 11.2 Å². The van der Waals surface area contributed by atoms with Gasteiger partial charge < -0.3 is 4.74 Å². The highest BCUT2D eigenvalue weighted by Crippen LogP contribution is 2.13. The predicted molar refractivity (Wildman–Crippen MR) is 58.8 cm³/mol. The third-order valence-electron chi connectivity index (χ3n) is 1.77. The fourth-order valence-corrected chi connectivity index (χ4v) is 1.10. The highest BCUT2D eigenvalue weighted by molar-refractivity contribution is 7.78. The maximum atomic E-state index is 11.1. The molecule has 0 saturated heterocycles. The first-order valence-electron chi connectivity index (χ1n) is 4.41. The van der Waals surface area contributed by atoms with E-state index in [9.17, 15) is 4.79 Å². The van der Waals surface area contributed by atoms with Crippen molar-refractivity contribution in [3.05, 3.63) is 17.0 Å². The molecule has 0 bridgehead atoms. The standard InChI is InChI=1S/C7H10N2O2S.C2H6/c1-4-5(2)9(12)8-6(4)7(10)11-3;1-2/h12H,1-3H3;1-2H3. The van der Waals surface area contributed by atoms with Crippen LogP contribution in [0.2, 0.25) is 0 Å². The van der Waals surface area contributed by atoms with Gasteiger partial charge in [0.05, 0.1) is 12.8 Å². The molecule has 1 rings (SSSR count). The fraction of sp³-hybridized carbons (Fsp3) is 0.556. The Balaban J connectivity index is 0.000000791. The summed E-state index contributed by atoms with van der Waals surface area (Å²) in [6, 6.07) is 0. The summed E-state index contributed by atoms with van der Waals surface area (Å²) in [5, 5.41) is 3.89. The molecule has 1 heterocycles. The van der Waals surface area contributed by atoms with Gasteiger partial charge in [0, 0.05) is 5.56 Å². The number of carbonyl (C=O) groups excluding carboxylic acids is 1. The summed E-state index contributed by atoms with van der Waals surface area (Å²) in [4.78, 5) is 11.1. The van der Waals surface area contributed by atoms with Crippen molar-refractivity contribution in [2.24, 2.45) is 0 Å². The zero-order chi connectivity index (χ0) is 11.3. The van der Waals surface area contributed by atoms with Gasteiger partial charge in [-0.3, -0.25) is 0 Å². The van der Waals surface area contributed by atoms with Crippen molar-refractivity contribution in [3.63, 3.8) is 0 Å². The van der Waals surface area contributed by atoms with Crippen LogP contribution in [0.4, 0.5) is 0 Å². The highest BCUT2D eigenvalue weighted by Gasteiger charge is 2.16. The van der Waals surface area contributed by atoms with Gasteiger partial charge in [0.25, 0.3) is 0 Å². The minimum atomic E-state index is -0.427. The molecule has 1 aromatic rings. The lowest BCUT2D eigenvalue weighted by Crippen LogP contribution is -2.03. The average molecular weight is 216 g/mol. The lowest BCUT2D eigenvalue weighted by atomic mass is 10.2. The number of ether oxygens (including phenoxy) is 1. The Morgan fingerprint density at radius 3 is 2.21 bits per heavy atom. The van der Waals surface area contributed by atoms with Crippen molar-refractivity contribution < 1.29 is 9.53 Å². The Labute approximate surface area is 89.8 Å². The molecule has 0 spiro atoms. The fourth-order valence-electron chi connectivity index (χ4n) is 0.857. The van der Waals surface area contributed by atoms with Crippen LogP contribution in [0.5, 0.6) is 0 Å². The van der Waals surface area contributed by atoms with Crippen LogP contribution < -0.4 is 0 Å². The molecule has 5 heteroatoms. The Bertz CT molecular complexity index is 321. The Morgan fingerprint density at radius 2 is 1.93 bits per heavy atom. The molecule has 0 aliphatic heterocycles. The first-order chi connectivity index (χ1) is 6.57. The number of nitrogens with zero attached hydrogens (tertiary/aromatic N) is 2. The van der Waals surface area contributed by atoms with Crippen LogP contribution in [-0.4, -0.2) is 22.3 Å². The third kappa shape index (κ3) is 2.51. The quantitative estimate of drug-likeness (QED) is 0.577. The largest absolute Gasteiger partial charge is 0.464 e. The van der Waals surface area contributed by atoms with Gasteiger partial charge in [0.1, 0.15) is 0 Å². The van der Waals surface area contributed by atoms with Gasteiger partial charge in [-0.05, 0) is 26.7 Å². The first kappa shape index (κ1) is 13.0. The summed E-state index contributed by atoms with van der Waals surface area (Å²) in [6.45, 7) is 7.64. The second-order valence-corrected chi connectivity index (χ2v) is 2.82. The molecular weight excluding hydrogens is 200 g/mol. The molecule has 0 aliphatic carbocycles. The van der Waals surface area contributed by atoms with Gasteiger partial charge in [-0.25, -0.2) is 8.88 Å². The topological polar surface area (TPSA) is 44.1 Å². The van der Waals surface area contributed by atoms with Crippen molar-refractivity contribution in [3.8, 4) is 0 Å². The summed E-state index contributed by atoms with van der Waals surface area (Å²) < 4.78 is 5.90. The minimum Gasteiger partial charge on any atom is -0.464 e. The normalized spacial score (nSPS) is 9.00. The van der Waals surface area contributed by atoms with Crippen LogP contribution in [0.15, 0.2) is 0 Å². The number of aromatic nitrogens is 2. The van der Waals surface area contributed by atoms with E-state index in [1.54, 1.807) is 6.92 Å². The van der Waals surface area contributed by atoms with Crippen molar-refractivity contribution >= 4 is 18.8 Å². The van der Waals surface area contributed by atoms with Crippen LogP contribution in [-0.2, 0) is 4.74 Å². The molecule has 0 aromatic carbocycles. The van der Waals surface area contributed by atoms with Crippen molar-refractivity contribution in [2.45, 2.75) is 27.7 Å². The summed E-state index contributed by atoms with van der Waals surface area (Å²) in [5.41, 5.74) is 1.97. The van der Waals surface area contributed by atoms with Crippen LogP contribution in [0.25, 0.3) is 0 Å². The SMILES string of the molecule is CC.COC(=O)c1nn(S)c(C)c1C. The van der Waals surface area contributed by atoms with E-state index in [0.717, 1.165) is 11.3 Å². The van der Waals surface area contributed by atoms with E-state index < -0.39 is 5.97 Å². The van der Waals surface area contributed by atoms with E-state index >= 15 is 0 Å². The number of hydrogen-bond donors (Lipinski definition) is 1. The molecule has 0 radical (unpaired) electrons. The van der Waals surface area contributed by atoms with E-state index in [2.05, 4.69) is 22.7 Å². The summed E-state index contributed by atoms with van der Waals surface area (Å²) >= 11 is 4.02. The van der Waals surface area contributed by atoms with Gasteiger partial charge in [0.2, 0.25) is 0 Å². The lowest BCUT2D eigenvalue weighted by molar-refractivity contribution is 0.0593.